The molecular formula is C35H35N2O+. The molecule has 38 heavy (non-hydrogen) atoms. The standard InChI is InChI=1S/C35H35N2O/c1-22(2)19-24-17-18-37(4)31(20-24)32-23(3)9-15-29-30-16-14-28(21-36)33(35(30)38-34(29)32)27-12-10-26(11-13-27)25-7-5-6-8-25/h9-18,20,22,25H,5-8,19H2,1-4H3/q+1/i19D2. The summed E-state index contributed by atoms with van der Waals surface area (Å²) in [5.74, 6) is 0.471. The van der Waals surface area contributed by atoms with Crippen LogP contribution in [0.3, 0.4) is 0 Å². The van der Waals surface area contributed by atoms with Gasteiger partial charge in [0.2, 0.25) is 5.69 Å². The van der Waals surface area contributed by atoms with Gasteiger partial charge in [-0.05, 0) is 72.4 Å². The first kappa shape index (κ1) is 22.1. The van der Waals surface area contributed by atoms with Gasteiger partial charge in [-0.3, -0.25) is 0 Å². The maximum absolute atomic E-state index is 10.1. The monoisotopic (exact) mass is 501 g/mol. The van der Waals surface area contributed by atoms with Gasteiger partial charge in [-0.1, -0.05) is 63.1 Å². The maximum Gasteiger partial charge on any atom is 0.216 e. The highest BCUT2D eigenvalue weighted by Gasteiger charge is 2.24. The second-order valence-corrected chi connectivity index (χ2v) is 11.0. The number of aromatic nitrogens is 1. The minimum Gasteiger partial charge on any atom is -0.454 e. The molecule has 5 aromatic rings. The van der Waals surface area contributed by atoms with Crippen LogP contribution in [0.15, 0.2) is 71.3 Å². The Hall–Kier alpha value is -3.90. The van der Waals surface area contributed by atoms with Gasteiger partial charge in [0.25, 0.3) is 0 Å². The molecule has 3 nitrogen and oxygen atoms in total. The van der Waals surface area contributed by atoms with E-state index in [1.54, 1.807) is 0 Å². The van der Waals surface area contributed by atoms with Crippen molar-refractivity contribution in [2.45, 2.75) is 58.7 Å². The number of rotatable bonds is 5. The Labute approximate surface area is 228 Å². The van der Waals surface area contributed by atoms with E-state index in [2.05, 4.69) is 49.4 Å². The first-order valence-electron chi connectivity index (χ1n) is 14.7. The van der Waals surface area contributed by atoms with Crippen molar-refractivity contribution in [2.24, 2.45) is 13.0 Å². The Balaban J connectivity index is 1.58. The third-order valence-corrected chi connectivity index (χ3v) is 8.03. The molecule has 2 heterocycles. The average Bonchev–Trinajstić information content (AvgIpc) is 3.61. The molecule has 190 valence electrons. The molecule has 2 aromatic heterocycles. The number of benzene rings is 3. The summed E-state index contributed by atoms with van der Waals surface area (Å²) < 4.78 is 26.2. The number of pyridine rings is 1. The van der Waals surface area contributed by atoms with Crippen molar-refractivity contribution in [3.8, 4) is 28.5 Å². The summed E-state index contributed by atoms with van der Waals surface area (Å²) in [5, 5.41) is 12.0. The van der Waals surface area contributed by atoms with Crippen LogP contribution in [0, 0.1) is 24.2 Å². The van der Waals surface area contributed by atoms with Crippen molar-refractivity contribution in [1.29, 1.82) is 5.26 Å². The highest BCUT2D eigenvalue weighted by Crippen LogP contribution is 2.42. The normalized spacial score (nSPS) is 15.3. The van der Waals surface area contributed by atoms with Gasteiger partial charge in [-0.25, -0.2) is 4.57 Å². The Kier molecular flexibility index (Phi) is 5.68. The third kappa shape index (κ3) is 4.19. The van der Waals surface area contributed by atoms with Crippen LogP contribution in [0.1, 0.15) is 70.4 Å². The molecule has 1 aliphatic carbocycles. The first-order valence-corrected chi connectivity index (χ1v) is 13.7. The number of hydrogen-bond donors (Lipinski definition) is 0. The van der Waals surface area contributed by atoms with Gasteiger partial charge in [-0.15, -0.1) is 0 Å². The van der Waals surface area contributed by atoms with Crippen molar-refractivity contribution in [1.82, 2.24) is 0 Å². The fourth-order valence-electron chi connectivity index (χ4n) is 6.12. The lowest BCUT2D eigenvalue weighted by Crippen LogP contribution is -2.31. The number of nitriles is 1. The molecule has 1 aliphatic rings. The zero-order valence-electron chi connectivity index (χ0n) is 24.6. The molecule has 0 amide bonds. The van der Waals surface area contributed by atoms with E-state index in [9.17, 15) is 5.26 Å². The number of aryl methyl sites for hydroxylation is 2. The Morgan fingerprint density at radius 3 is 2.34 bits per heavy atom. The summed E-state index contributed by atoms with van der Waals surface area (Å²) in [6, 6.07) is 23.0. The summed E-state index contributed by atoms with van der Waals surface area (Å²) in [7, 11) is 1.98. The first-order chi connectivity index (χ1) is 19.2. The average molecular weight is 502 g/mol. The molecule has 1 fully saturated rings. The smallest absolute Gasteiger partial charge is 0.216 e. The van der Waals surface area contributed by atoms with Crippen molar-refractivity contribution >= 4 is 21.9 Å². The Bertz CT molecular complexity index is 1790. The van der Waals surface area contributed by atoms with E-state index in [0.29, 0.717) is 22.6 Å². The van der Waals surface area contributed by atoms with Crippen LogP contribution in [0.25, 0.3) is 44.3 Å². The van der Waals surface area contributed by atoms with Gasteiger partial charge in [0, 0.05) is 31.2 Å². The zero-order valence-corrected chi connectivity index (χ0v) is 22.6. The maximum atomic E-state index is 10.1. The van der Waals surface area contributed by atoms with Gasteiger partial charge in [0.1, 0.15) is 18.2 Å². The molecule has 6 rings (SSSR count). The largest absolute Gasteiger partial charge is 0.454 e. The zero-order chi connectivity index (χ0) is 28.2. The van der Waals surface area contributed by atoms with Crippen LogP contribution in [0.5, 0.6) is 0 Å². The molecule has 0 bridgehead atoms. The second kappa shape index (κ2) is 9.76. The van der Waals surface area contributed by atoms with Crippen molar-refractivity contribution in [3.63, 3.8) is 0 Å². The van der Waals surface area contributed by atoms with Crippen molar-refractivity contribution in [2.75, 3.05) is 0 Å². The van der Waals surface area contributed by atoms with Gasteiger partial charge < -0.3 is 4.42 Å². The Morgan fingerprint density at radius 2 is 1.66 bits per heavy atom. The fraction of sp³-hybridized carbons (Fsp3) is 0.314. The van der Waals surface area contributed by atoms with E-state index < -0.39 is 6.37 Å². The molecule has 0 saturated heterocycles. The second-order valence-electron chi connectivity index (χ2n) is 11.0. The molecule has 0 radical (unpaired) electrons. The van der Waals surface area contributed by atoms with Crippen molar-refractivity contribution in [3.05, 3.63) is 89.1 Å². The summed E-state index contributed by atoms with van der Waals surface area (Å²) in [5.41, 5.74) is 8.79. The Morgan fingerprint density at radius 1 is 0.974 bits per heavy atom. The summed E-state index contributed by atoms with van der Waals surface area (Å²) in [6.07, 6.45) is 5.57. The topological polar surface area (TPSA) is 40.8 Å². The SMILES string of the molecule is [2H]C([2H])(c1cc[n+](C)c(-c2c(C)ccc3c2oc2c(-c4ccc(C5CCCC5)cc4)c(C#N)ccc23)c1)C(C)C. The number of furan rings is 1. The molecule has 0 aliphatic heterocycles. The van der Waals surface area contributed by atoms with E-state index in [-0.39, 0.29) is 5.92 Å². The van der Waals surface area contributed by atoms with Gasteiger partial charge >= 0.3 is 0 Å². The fourth-order valence-corrected chi connectivity index (χ4v) is 6.12. The van der Waals surface area contributed by atoms with Gasteiger partial charge in [-0.2, -0.15) is 5.26 Å². The van der Waals surface area contributed by atoms with Crippen LogP contribution >= 0.6 is 0 Å². The van der Waals surface area contributed by atoms with E-state index in [0.717, 1.165) is 44.3 Å². The lowest BCUT2D eigenvalue weighted by Gasteiger charge is -2.11. The van der Waals surface area contributed by atoms with Crippen LogP contribution in [0.2, 0.25) is 0 Å². The van der Waals surface area contributed by atoms with E-state index in [4.69, 9.17) is 7.16 Å². The molecule has 1 saturated carbocycles. The molecule has 3 aromatic carbocycles. The summed E-state index contributed by atoms with van der Waals surface area (Å²) in [6.45, 7) is 5.88. The van der Waals surface area contributed by atoms with Crippen LogP contribution < -0.4 is 4.57 Å². The van der Waals surface area contributed by atoms with Gasteiger partial charge in [0.15, 0.2) is 6.20 Å². The molecule has 3 heteroatoms. The lowest BCUT2D eigenvalue weighted by atomic mass is 9.92. The highest BCUT2D eigenvalue weighted by molar-refractivity contribution is 6.14. The predicted molar refractivity (Wildman–Crippen MR) is 155 cm³/mol. The van der Waals surface area contributed by atoms with Crippen LogP contribution in [-0.2, 0) is 13.4 Å². The summed E-state index contributed by atoms with van der Waals surface area (Å²) >= 11 is 0. The van der Waals surface area contributed by atoms with E-state index in [1.807, 2.05) is 55.9 Å². The number of hydrogen-bond acceptors (Lipinski definition) is 2. The highest BCUT2D eigenvalue weighted by atomic mass is 16.3. The van der Waals surface area contributed by atoms with Crippen LogP contribution in [-0.4, -0.2) is 0 Å². The number of nitrogens with zero attached hydrogens (tertiary/aromatic N) is 2. The third-order valence-electron chi connectivity index (χ3n) is 8.03. The number of fused-ring (bicyclic) bond motifs is 3. The molecular weight excluding hydrogens is 464 g/mol. The quantitative estimate of drug-likeness (QED) is 0.226. The molecule has 0 atom stereocenters. The molecule has 0 spiro atoms. The lowest BCUT2D eigenvalue weighted by molar-refractivity contribution is -0.660. The minimum absolute atomic E-state index is 0.164. The van der Waals surface area contributed by atoms with Gasteiger partial charge in [0.05, 0.1) is 17.2 Å². The molecule has 0 unspecified atom stereocenters. The minimum atomic E-state index is -1.46. The van der Waals surface area contributed by atoms with E-state index >= 15 is 0 Å². The summed E-state index contributed by atoms with van der Waals surface area (Å²) in [4.78, 5) is 0. The predicted octanol–water partition coefficient (Wildman–Crippen LogP) is 8.78. The van der Waals surface area contributed by atoms with Crippen molar-refractivity contribution < 1.29 is 11.7 Å². The van der Waals surface area contributed by atoms with E-state index in [1.165, 1.54) is 31.2 Å². The molecule has 0 N–H and O–H groups in total. The van der Waals surface area contributed by atoms with Crippen LogP contribution in [0.4, 0.5) is 0 Å².